The zero-order valence-corrected chi connectivity index (χ0v) is 16.2. The molecule has 144 valence electrons. The summed E-state index contributed by atoms with van der Waals surface area (Å²) in [4.78, 5) is 31.8. The van der Waals surface area contributed by atoms with Crippen LogP contribution in [0.3, 0.4) is 0 Å². The standard InChI is InChI=1S/C21H21ClN4O2/c22-16-8-6-15(7-9-16)10-11-23-20(27)18-17-5-1-2-14-26(17)19(24-18)21(28)25-12-3-4-13-25/h1-2,5-9,14H,3-4,10-13H2,(H,23,27). The summed E-state index contributed by atoms with van der Waals surface area (Å²) in [6.07, 6.45) is 4.48. The normalized spacial score (nSPS) is 13.8. The van der Waals surface area contributed by atoms with Gasteiger partial charge in [-0.2, -0.15) is 0 Å². The summed E-state index contributed by atoms with van der Waals surface area (Å²) >= 11 is 5.90. The van der Waals surface area contributed by atoms with Crippen LogP contribution in [0.2, 0.25) is 5.02 Å². The number of fused-ring (bicyclic) bond motifs is 1. The van der Waals surface area contributed by atoms with Gasteiger partial charge >= 0.3 is 0 Å². The summed E-state index contributed by atoms with van der Waals surface area (Å²) in [6.45, 7) is 1.95. The number of imidazole rings is 1. The van der Waals surface area contributed by atoms with Crippen molar-refractivity contribution in [1.82, 2.24) is 19.6 Å². The van der Waals surface area contributed by atoms with Gasteiger partial charge in [0.1, 0.15) is 0 Å². The summed E-state index contributed by atoms with van der Waals surface area (Å²) in [5.41, 5.74) is 2.00. The number of likely N-dealkylation sites (tertiary alicyclic amines) is 1. The Morgan fingerprint density at radius 3 is 2.57 bits per heavy atom. The van der Waals surface area contributed by atoms with Crippen molar-refractivity contribution in [3.05, 3.63) is 70.8 Å². The van der Waals surface area contributed by atoms with Crippen LogP contribution in [0.5, 0.6) is 0 Å². The Hall–Kier alpha value is -2.86. The van der Waals surface area contributed by atoms with E-state index >= 15 is 0 Å². The largest absolute Gasteiger partial charge is 0.350 e. The van der Waals surface area contributed by atoms with E-state index in [-0.39, 0.29) is 17.5 Å². The molecule has 2 amide bonds. The van der Waals surface area contributed by atoms with E-state index in [0.717, 1.165) is 31.5 Å². The van der Waals surface area contributed by atoms with Crippen LogP contribution in [-0.2, 0) is 6.42 Å². The molecule has 3 heterocycles. The lowest BCUT2D eigenvalue weighted by atomic mass is 10.1. The molecule has 1 aliphatic heterocycles. The molecule has 1 fully saturated rings. The van der Waals surface area contributed by atoms with Crippen LogP contribution in [-0.4, -0.2) is 45.7 Å². The molecule has 28 heavy (non-hydrogen) atoms. The maximum Gasteiger partial charge on any atom is 0.290 e. The molecule has 1 saturated heterocycles. The van der Waals surface area contributed by atoms with Crippen molar-refractivity contribution in [2.75, 3.05) is 19.6 Å². The number of amides is 2. The molecule has 1 N–H and O–H groups in total. The number of halogens is 1. The fourth-order valence-electron chi connectivity index (χ4n) is 3.47. The van der Waals surface area contributed by atoms with Crippen LogP contribution in [0, 0.1) is 0 Å². The van der Waals surface area contributed by atoms with E-state index in [1.807, 2.05) is 42.5 Å². The molecule has 6 nitrogen and oxygen atoms in total. The van der Waals surface area contributed by atoms with E-state index in [1.165, 1.54) is 0 Å². The summed E-state index contributed by atoms with van der Waals surface area (Å²) < 4.78 is 1.70. The molecule has 0 atom stereocenters. The Morgan fingerprint density at radius 2 is 1.82 bits per heavy atom. The molecule has 0 radical (unpaired) electrons. The van der Waals surface area contributed by atoms with Gasteiger partial charge in [-0.25, -0.2) is 4.98 Å². The quantitative estimate of drug-likeness (QED) is 0.720. The van der Waals surface area contributed by atoms with Gasteiger partial charge in [0.25, 0.3) is 11.8 Å². The first-order chi connectivity index (χ1) is 13.6. The van der Waals surface area contributed by atoms with Gasteiger partial charge in [-0.3, -0.25) is 14.0 Å². The van der Waals surface area contributed by atoms with Gasteiger partial charge in [-0.1, -0.05) is 29.8 Å². The summed E-state index contributed by atoms with van der Waals surface area (Å²) in [6, 6.07) is 13.0. The molecule has 7 heteroatoms. The summed E-state index contributed by atoms with van der Waals surface area (Å²) in [5.74, 6) is -0.114. The zero-order chi connectivity index (χ0) is 19.5. The second-order valence-corrected chi connectivity index (χ2v) is 7.31. The highest BCUT2D eigenvalue weighted by Crippen LogP contribution is 2.17. The Bertz CT molecular complexity index is 1010. The molecular weight excluding hydrogens is 376 g/mol. The first-order valence-corrected chi connectivity index (χ1v) is 9.80. The average molecular weight is 397 g/mol. The number of aromatic nitrogens is 2. The van der Waals surface area contributed by atoms with Gasteiger partial charge in [0, 0.05) is 30.9 Å². The van der Waals surface area contributed by atoms with Crippen LogP contribution in [0.4, 0.5) is 0 Å². The molecule has 2 aromatic heterocycles. The molecule has 0 aliphatic carbocycles. The monoisotopic (exact) mass is 396 g/mol. The van der Waals surface area contributed by atoms with Crippen molar-refractivity contribution in [3.8, 4) is 0 Å². The predicted molar refractivity (Wildman–Crippen MR) is 108 cm³/mol. The average Bonchev–Trinajstić information content (AvgIpc) is 3.37. The maximum atomic E-state index is 12.8. The number of carbonyl (C=O) groups excluding carboxylic acids is 2. The van der Waals surface area contributed by atoms with Gasteiger partial charge in [0.2, 0.25) is 5.82 Å². The van der Waals surface area contributed by atoms with Crippen molar-refractivity contribution >= 4 is 28.9 Å². The Kier molecular flexibility index (Phi) is 5.30. The molecule has 0 spiro atoms. The van der Waals surface area contributed by atoms with E-state index in [2.05, 4.69) is 10.3 Å². The van der Waals surface area contributed by atoms with Crippen LogP contribution in [0.1, 0.15) is 39.5 Å². The Labute approximate surface area is 168 Å². The van der Waals surface area contributed by atoms with Gasteiger partial charge in [0.15, 0.2) is 5.69 Å². The van der Waals surface area contributed by atoms with Gasteiger partial charge in [-0.15, -0.1) is 0 Å². The highest BCUT2D eigenvalue weighted by Gasteiger charge is 2.26. The molecule has 0 bridgehead atoms. The van der Waals surface area contributed by atoms with E-state index in [4.69, 9.17) is 11.6 Å². The highest BCUT2D eigenvalue weighted by molar-refractivity contribution is 6.30. The zero-order valence-electron chi connectivity index (χ0n) is 15.4. The number of rotatable bonds is 5. The summed E-state index contributed by atoms with van der Waals surface area (Å²) in [5, 5.41) is 3.59. The highest BCUT2D eigenvalue weighted by atomic mass is 35.5. The third-order valence-corrected chi connectivity index (χ3v) is 5.21. The van der Waals surface area contributed by atoms with Crippen molar-refractivity contribution in [2.45, 2.75) is 19.3 Å². The fraction of sp³-hybridized carbons (Fsp3) is 0.286. The Morgan fingerprint density at radius 1 is 1.07 bits per heavy atom. The lowest BCUT2D eigenvalue weighted by Crippen LogP contribution is -2.29. The smallest absolute Gasteiger partial charge is 0.290 e. The molecule has 3 aromatic rings. The molecule has 0 unspecified atom stereocenters. The van der Waals surface area contributed by atoms with Crippen molar-refractivity contribution in [3.63, 3.8) is 0 Å². The lowest BCUT2D eigenvalue weighted by molar-refractivity contribution is 0.0780. The van der Waals surface area contributed by atoms with E-state index in [1.54, 1.807) is 15.5 Å². The number of nitrogens with one attached hydrogen (secondary N) is 1. The molecule has 1 aliphatic rings. The van der Waals surface area contributed by atoms with Gasteiger partial charge in [0.05, 0.1) is 5.52 Å². The van der Waals surface area contributed by atoms with Gasteiger partial charge in [-0.05, 0) is 49.1 Å². The van der Waals surface area contributed by atoms with Crippen molar-refractivity contribution in [2.24, 2.45) is 0 Å². The van der Waals surface area contributed by atoms with Gasteiger partial charge < -0.3 is 10.2 Å². The van der Waals surface area contributed by atoms with Crippen LogP contribution in [0.15, 0.2) is 48.7 Å². The lowest BCUT2D eigenvalue weighted by Gasteiger charge is -2.13. The number of hydrogen-bond acceptors (Lipinski definition) is 3. The maximum absolute atomic E-state index is 12.8. The number of pyridine rings is 1. The minimum Gasteiger partial charge on any atom is -0.350 e. The van der Waals surface area contributed by atoms with E-state index < -0.39 is 0 Å². The second kappa shape index (κ2) is 8.02. The first-order valence-electron chi connectivity index (χ1n) is 9.42. The third kappa shape index (κ3) is 3.73. The minimum absolute atomic E-state index is 0.126. The van der Waals surface area contributed by atoms with E-state index in [0.29, 0.717) is 29.3 Å². The molecular formula is C21H21ClN4O2. The Balaban J connectivity index is 1.51. The molecule has 0 saturated carbocycles. The number of carbonyl (C=O) groups is 2. The van der Waals surface area contributed by atoms with E-state index in [9.17, 15) is 9.59 Å². The van der Waals surface area contributed by atoms with Crippen LogP contribution in [0.25, 0.3) is 5.52 Å². The third-order valence-electron chi connectivity index (χ3n) is 4.96. The molecule has 4 rings (SSSR count). The number of hydrogen-bond donors (Lipinski definition) is 1. The topological polar surface area (TPSA) is 66.7 Å². The van der Waals surface area contributed by atoms with Crippen LogP contribution >= 0.6 is 11.6 Å². The van der Waals surface area contributed by atoms with Crippen molar-refractivity contribution in [1.29, 1.82) is 0 Å². The SMILES string of the molecule is O=C(NCCc1ccc(Cl)cc1)c1nc(C(=O)N2CCCC2)n2ccccc12. The second-order valence-electron chi connectivity index (χ2n) is 6.87. The number of benzene rings is 1. The summed E-state index contributed by atoms with van der Waals surface area (Å²) in [7, 11) is 0. The number of nitrogens with zero attached hydrogens (tertiary/aromatic N) is 3. The minimum atomic E-state index is -0.280. The fourth-order valence-corrected chi connectivity index (χ4v) is 3.60. The van der Waals surface area contributed by atoms with Crippen molar-refractivity contribution < 1.29 is 9.59 Å². The predicted octanol–water partition coefficient (Wildman–Crippen LogP) is 3.20. The van der Waals surface area contributed by atoms with Crippen LogP contribution < -0.4 is 5.32 Å². The first kappa shape index (κ1) is 18.5. The molecule has 1 aromatic carbocycles.